The van der Waals surface area contributed by atoms with E-state index in [-0.39, 0.29) is 19.0 Å². The quantitative estimate of drug-likeness (QED) is 0.256. The van der Waals surface area contributed by atoms with Crippen molar-refractivity contribution in [2.45, 2.75) is 110 Å². The first-order valence-electron chi connectivity index (χ1n) is 10.1. The Bertz CT molecular complexity index is 241. The van der Waals surface area contributed by atoms with Gasteiger partial charge in [0.05, 0.1) is 19.6 Å². The second kappa shape index (κ2) is 19.5. The number of carbonyl (C=O) groups excluding carboxylic acids is 1. The molecule has 23 heavy (non-hydrogen) atoms. The van der Waals surface area contributed by atoms with Crippen LogP contribution < -0.4 is 0 Å². The molecule has 0 radical (unpaired) electrons. The minimum Gasteiger partial charge on any atom is -0.466 e. The van der Waals surface area contributed by atoms with Gasteiger partial charge in [-0.2, -0.15) is 0 Å². The van der Waals surface area contributed by atoms with Crippen LogP contribution in [0.3, 0.4) is 0 Å². The van der Waals surface area contributed by atoms with Gasteiger partial charge in [-0.3, -0.25) is 4.79 Å². The monoisotopic (exact) mass is 328 g/mol. The van der Waals surface area contributed by atoms with Crippen molar-refractivity contribution in [3.63, 3.8) is 0 Å². The first-order valence-corrected chi connectivity index (χ1v) is 10.1. The summed E-state index contributed by atoms with van der Waals surface area (Å²) in [5.41, 5.74) is 0. The predicted octanol–water partition coefficient (Wildman–Crippen LogP) is 5.78. The maximum atomic E-state index is 11.0. The highest BCUT2D eigenvalue weighted by molar-refractivity contribution is 5.69. The standard InChI is InChI=1S/C20H40O3/c1-2-3-4-5-6-7-8-9-10-11-12-13-14-15-16-19-23-20(22)17-18-21/h21H,2-19H2,1H3. The van der Waals surface area contributed by atoms with Crippen LogP contribution in [0.15, 0.2) is 0 Å². The zero-order valence-electron chi connectivity index (χ0n) is 15.5. The molecule has 0 aromatic heterocycles. The number of esters is 1. The fraction of sp³-hybridized carbons (Fsp3) is 0.950. The Balaban J connectivity index is 3.01. The third kappa shape index (κ3) is 19.4. The molecule has 0 fully saturated rings. The summed E-state index contributed by atoms with van der Waals surface area (Å²) in [6, 6.07) is 0. The van der Waals surface area contributed by atoms with Crippen LogP contribution in [0.5, 0.6) is 0 Å². The first-order chi connectivity index (χ1) is 11.3. The average Bonchev–Trinajstić information content (AvgIpc) is 2.54. The van der Waals surface area contributed by atoms with Crippen molar-refractivity contribution in [1.29, 1.82) is 0 Å². The van der Waals surface area contributed by atoms with Gasteiger partial charge in [-0.1, -0.05) is 96.8 Å². The van der Waals surface area contributed by atoms with Gasteiger partial charge < -0.3 is 9.84 Å². The fourth-order valence-corrected chi connectivity index (χ4v) is 2.82. The lowest BCUT2D eigenvalue weighted by Gasteiger charge is -2.04. The Hall–Kier alpha value is -0.570. The van der Waals surface area contributed by atoms with Gasteiger partial charge in [0.25, 0.3) is 0 Å². The van der Waals surface area contributed by atoms with E-state index in [0.29, 0.717) is 6.61 Å². The van der Waals surface area contributed by atoms with Gasteiger partial charge in [0.2, 0.25) is 0 Å². The average molecular weight is 329 g/mol. The van der Waals surface area contributed by atoms with Crippen LogP contribution in [0.2, 0.25) is 0 Å². The summed E-state index contributed by atoms with van der Waals surface area (Å²) in [5, 5.41) is 8.57. The molecule has 0 heterocycles. The third-order valence-corrected chi connectivity index (χ3v) is 4.33. The molecule has 0 saturated carbocycles. The summed E-state index contributed by atoms with van der Waals surface area (Å²) in [7, 11) is 0. The highest BCUT2D eigenvalue weighted by atomic mass is 16.5. The van der Waals surface area contributed by atoms with Crippen LogP contribution in [0.25, 0.3) is 0 Å². The highest BCUT2D eigenvalue weighted by Crippen LogP contribution is 2.13. The normalized spacial score (nSPS) is 10.9. The van der Waals surface area contributed by atoms with Crippen molar-refractivity contribution in [1.82, 2.24) is 0 Å². The van der Waals surface area contributed by atoms with Gasteiger partial charge in [-0.15, -0.1) is 0 Å². The third-order valence-electron chi connectivity index (χ3n) is 4.33. The molecule has 1 N–H and O–H groups in total. The number of rotatable bonds is 18. The van der Waals surface area contributed by atoms with Gasteiger partial charge in [-0.25, -0.2) is 0 Å². The number of aliphatic hydroxyl groups excluding tert-OH is 1. The van der Waals surface area contributed by atoms with E-state index in [1.54, 1.807) is 0 Å². The molecule has 0 bridgehead atoms. The van der Waals surface area contributed by atoms with E-state index >= 15 is 0 Å². The zero-order valence-corrected chi connectivity index (χ0v) is 15.5. The molecular formula is C20H40O3. The number of ether oxygens (including phenoxy) is 1. The molecule has 0 spiro atoms. The van der Waals surface area contributed by atoms with Crippen LogP contribution in [0.1, 0.15) is 110 Å². The van der Waals surface area contributed by atoms with E-state index in [9.17, 15) is 4.79 Å². The minimum absolute atomic E-state index is 0.113. The molecule has 0 rings (SSSR count). The van der Waals surface area contributed by atoms with E-state index in [0.717, 1.165) is 12.8 Å². The molecule has 0 saturated heterocycles. The molecule has 3 nitrogen and oxygen atoms in total. The number of unbranched alkanes of at least 4 members (excludes halogenated alkanes) is 14. The number of aliphatic hydroxyl groups is 1. The molecule has 138 valence electrons. The van der Waals surface area contributed by atoms with E-state index in [4.69, 9.17) is 9.84 Å². The van der Waals surface area contributed by atoms with Crippen molar-refractivity contribution in [2.75, 3.05) is 13.2 Å². The number of carbonyl (C=O) groups is 1. The van der Waals surface area contributed by atoms with E-state index in [1.807, 2.05) is 0 Å². The summed E-state index contributed by atoms with van der Waals surface area (Å²) in [4.78, 5) is 11.0. The van der Waals surface area contributed by atoms with Gasteiger partial charge in [-0.05, 0) is 6.42 Å². The SMILES string of the molecule is CCCCCCCCCCCCCCCCCOC(=O)CCO. The second-order valence-corrected chi connectivity index (χ2v) is 6.64. The minimum atomic E-state index is -0.280. The summed E-state index contributed by atoms with van der Waals surface area (Å²) in [6.07, 6.45) is 20.2. The molecule has 0 aliphatic carbocycles. The first kappa shape index (κ1) is 22.4. The maximum absolute atomic E-state index is 11.0. The number of hydrogen-bond acceptors (Lipinski definition) is 3. The smallest absolute Gasteiger partial charge is 0.308 e. The lowest BCUT2D eigenvalue weighted by Crippen LogP contribution is -2.07. The van der Waals surface area contributed by atoms with E-state index in [2.05, 4.69) is 6.92 Å². The molecule has 0 aliphatic heterocycles. The van der Waals surface area contributed by atoms with E-state index < -0.39 is 0 Å². The van der Waals surface area contributed by atoms with Crippen LogP contribution in [-0.4, -0.2) is 24.3 Å². The molecule has 0 atom stereocenters. The Morgan fingerprint density at radius 1 is 0.696 bits per heavy atom. The summed E-state index contributed by atoms with van der Waals surface area (Å²) >= 11 is 0. The molecule has 0 aromatic carbocycles. The van der Waals surface area contributed by atoms with Crippen LogP contribution >= 0.6 is 0 Å². The summed E-state index contributed by atoms with van der Waals surface area (Å²) in [6.45, 7) is 2.67. The summed E-state index contributed by atoms with van der Waals surface area (Å²) < 4.78 is 5.00. The van der Waals surface area contributed by atoms with Crippen LogP contribution in [-0.2, 0) is 9.53 Å². The lowest BCUT2D eigenvalue weighted by atomic mass is 10.0. The summed E-state index contributed by atoms with van der Waals surface area (Å²) in [5.74, 6) is -0.280. The van der Waals surface area contributed by atoms with Crippen molar-refractivity contribution in [2.24, 2.45) is 0 Å². The maximum Gasteiger partial charge on any atom is 0.308 e. The molecular weight excluding hydrogens is 288 g/mol. The molecule has 0 amide bonds. The Kier molecular flexibility index (Phi) is 19.0. The topological polar surface area (TPSA) is 46.5 Å². The van der Waals surface area contributed by atoms with Crippen molar-refractivity contribution >= 4 is 5.97 Å². The van der Waals surface area contributed by atoms with Gasteiger partial charge >= 0.3 is 5.97 Å². The van der Waals surface area contributed by atoms with Gasteiger partial charge in [0.15, 0.2) is 0 Å². The van der Waals surface area contributed by atoms with Crippen molar-refractivity contribution < 1.29 is 14.6 Å². The predicted molar refractivity (Wildman–Crippen MR) is 97.6 cm³/mol. The van der Waals surface area contributed by atoms with Crippen molar-refractivity contribution in [3.05, 3.63) is 0 Å². The van der Waals surface area contributed by atoms with Crippen molar-refractivity contribution in [3.8, 4) is 0 Å². The largest absolute Gasteiger partial charge is 0.466 e. The lowest BCUT2D eigenvalue weighted by molar-refractivity contribution is -0.144. The van der Waals surface area contributed by atoms with Crippen LogP contribution in [0, 0.1) is 0 Å². The number of hydrogen-bond donors (Lipinski definition) is 1. The highest BCUT2D eigenvalue weighted by Gasteiger charge is 2.00. The van der Waals surface area contributed by atoms with Gasteiger partial charge in [0, 0.05) is 0 Å². The van der Waals surface area contributed by atoms with E-state index in [1.165, 1.54) is 83.5 Å². The molecule has 3 heteroatoms. The second-order valence-electron chi connectivity index (χ2n) is 6.64. The molecule has 0 aliphatic rings. The Morgan fingerprint density at radius 2 is 1.09 bits per heavy atom. The van der Waals surface area contributed by atoms with Gasteiger partial charge in [0.1, 0.15) is 0 Å². The zero-order chi connectivity index (χ0) is 17.0. The van der Waals surface area contributed by atoms with Crippen LogP contribution in [0.4, 0.5) is 0 Å². The Morgan fingerprint density at radius 3 is 1.48 bits per heavy atom. The Labute approximate surface area is 144 Å². The molecule has 0 aromatic rings. The molecule has 0 unspecified atom stereocenters. The fourth-order valence-electron chi connectivity index (χ4n) is 2.82.